The van der Waals surface area contributed by atoms with Gasteiger partial charge < -0.3 is 13.9 Å². The van der Waals surface area contributed by atoms with Gasteiger partial charge in [0, 0.05) is 45.1 Å². The second-order valence-corrected chi connectivity index (χ2v) is 6.53. The van der Waals surface area contributed by atoms with Crippen LogP contribution < -0.4 is 11.1 Å². The van der Waals surface area contributed by atoms with Gasteiger partial charge in [-0.2, -0.15) is 0 Å². The number of hydrogen-bond acceptors (Lipinski definition) is 5. The molecule has 1 aliphatic rings. The minimum atomic E-state index is -0.109. The number of rotatable bonds is 4. The number of hydrogen-bond donors (Lipinski definition) is 0. The molecule has 0 spiro atoms. The van der Waals surface area contributed by atoms with Crippen molar-refractivity contribution >= 4 is 21.8 Å². The zero-order valence-corrected chi connectivity index (χ0v) is 14.9. The predicted octanol–water partition coefficient (Wildman–Crippen LogP) is 1.06. The second-order valence-electron chi connectivity index (χ2n) is 6.53. The van der Waals surface area contributed by atoms with E-state index in [1.165, 1.54) is 0 Å². The minimum absolute atomic E-state index is 0.100. The molecule has 0 aromatic carbocycles. The molecule has 0 radical (unpaired) electrons. The zero-order valence-electron chi connectivity index (χ0n) is 14.9. The maximum atomic E-state index is 12.9. The number of pyridine rings is 3. The Bertz CT molecular complexity index is 1060. The maximum Gasteiger partial charge on any atom is 0.260 e. The normalized spacial score (nSPS) is 15.7. The molecular formula is C19H22N4O3. The van der Waals surface area contributed by atoms with Crippen LogP contribution in [0.3, 0.4) is 0 Å². The molecule has 1 saturated heterocycles. The molecule has 1 aliphatic heterocycles. The number of aromatic nitrogens is 3. The van der Waals surface area contributed by atoms with Crippen molar-refractivity contribution in [2.75, 3.05) is 32.8 Å². The Morgan fingerprint density at radius 3 is 2.23 bits per heavy atom. The van der Waals surface area contributed by atoms with E-state index in [0.717, 1.165) is 32.8 Å². The monoisotopic (exact) mass is 354 g/mol. The Kier molecular flexibility index (Phi) is 4.57. The van der Waals surface area contributed by atoms with Gasteiger partial charge in [-0.3, -0.25) is 14.5 Å². The lowest BCUT2D eigenvalue weighted by molar-refractivity contribution is 0.0363. The molecule has 0 atom stereocenters. The van der Waals surface area contributed by atoms with Gasteiger partial charge in [-0.1, -0.05) is 0 Å². The summed E-state index contributed by atoms with van der Waals surface area (Å²) in [5, 5.41) is 0.984. The maximum absolute atomic E-state index is 12.9. The summed E-state index contributed by atoms with van der Waals surface area (Å²) in [6.07, 6.45) is 3.53. The Morgan fingerprint density at radius 2 is 1.58 bits per heavy atom. The lowest BCUT2D eigenvalue weighted by Crippen LogP contribution is -2.39. The highest BCUT2D eigenvalue weighted by Gasteiger charge is 2.12. The lowest BCUT2D eigenvalue weighted by atomic mass is 10.2. The summed E-state index contributed by atoms with van der Waals surface area (Å²) in [5.74, 6) is 0. The van der Waals surface area contributed by atoms with Crippen molar-refractivity contribution in [2.24, 2.45) is 0 Å². The largest absolute Gasteiger partial charge is 0.379 e. The van der Waals surface area contributed by atoms with Gasteiger partial charge in [0.15, 0.2) is 0 Å². The standard InChI is InChI=1S/C19H22N4O3/c1-2-22-5-3-16-14(18(22)24)13-15-17(20-16)4-6-23(19(15)25)8-7-21-9-11-26-12-10-21/h3-6,13H,2,7-12H2,1H3. The summed E-state index contributed by atoms with van der Waals surface area (Å²) in [7, 11) is 0. The molecule has 7 heteroatoms. The fraction of sp³-hybridized carbons (Fsp3) is 0.421. The highest BCUT2D eigenvalue weighted by Crippen LogP contribution is 2.14. The van der Waals surface area contributed by atoms with Crippen LogP contribution >= 0.6 is 0 Å². The van der Waals surface area contributed by atoms with Gasteiger partial charge in [0.1, 0.15) is 0 Å². The predicted molar refractivity (Wildman–Crippen MR) is 101 cm³/mol. The quantitative estimate of drug-likeness (QED) is 0.656. The summed E-state index contributed by atoms with van der Waals surface area (Å²) >= 11 is 0. The van der Waals surface area contributed by atoms with Gasteiger partial charge in [0.25, 0.3) is 11.1 Å². The van der Waals surface area contributed by atoms with Crippen LogP contribution in [0.25, 0.3) is 21.8 Å². The fourth-order valence-corrected chi connectivity index (χ4v) is 3.40. The van der Waals surface area contributed by atoms with Gasteiger partial charge in [0.05, 0.1) is 35.0 Å². The van der Waals surface area contributed by atoms with E-state index in [9.17, 15) is 9.59 Å². The fourth-order valence-electron chi connectivity index (χ4n) is 3.40. The highest BCUT2D eigenvalue weighted by molar-refractivity contribution is 5.91. The SMILES string of the molecule is CCn1ccc2nc3ccn(CCN4CCOCC4)c(=O)c3cc2c1=O. The Hall–Kier alpha value is -2.51. The van der Waals surface area contributed by atoms with Crippen LogP contribution in [-0.2, 0) is 17.8 Å². The molecule has 4 heterocycles. The van der Waals surface area contributed by atoms with E-state index in [4.69, 9.17) is 4.74 Å². The summed E-state index contributed by atoms with van der Waals surface area (Å²) in [6.45, 7) is 7.19. The molecule has 0 bridgehead atoms. The van der Waals surface area contributed by atoms with Crippen molar-refractivity contribution in [3.05, 3.63) is 51.3 Å². The van der Waals surface area contributed by atoms with Gasteiger partial charge in [-0.15, -0.1) is 0 Å². The van der Waals surface area contributed by atoms with Gasteiger partial charge in [-0.05, 0) is 25.1 Å². The molecule has 0 amide bonds. The minimum Gasteiger partial charge on any atom is -0.379 e. The first-order valence-electron chi connectivity index (χ1n) is 9.01. The van der Waals surface area contributed by atoms with Crippen LogP contribution in [0.4, 0.5) is 0 Å². The first kappa shape index (κ1) is 16.9. The van der Waals surface area contributed by atoms with Crippen LogP contribution in [-0.4, -0.2) is 51.9 Å². The number of morpholine rings is 1. The molecule has 0 unspecified atom stereocenters. The number of nitrogens with zero attached hydrogens (tertiary/aromatic N) is 4. The molecule has 0 aliphatic carbocycles. The van der Waals surface area contributed by atoms with Crippen molar-refractivity contribution in [3.63, 3.8) is 0 Å². The van der Waals surface area contributed by atoms with E-state index in [1.54, 1.807) is 27.6 Å². The molecule has 1 fully saturated rings. The molecule has 0 N–H and O–H groups in total. The number of aryl methyl sites for hydroxylation is 1. The van der Waals surface area contributed by atoms with Crippen molar-refractivity contribution in [2.45, 2.75) is 20.0 Å². The summed E-state index contributed by atoms with van der Waals surface area (Å²) in [5.41, 5.74) is 1.04. The molecule has 3 aromatic rings. The molecule has 4 rings (SSSR count). The molecule has 7 nitrogen and oxygen atoms in total. The Balaban J connectivity index is 1.73. The van der Waals surface area contributed by atoms with Crippen molar-refractivity contribution in [1.29, 1.82) is 0 Å². The van der Waals surface area contributed by atoms with Gasteiger partial charge in [-0.25, -0.2) is 4.98 Å². The number of fused-ring (bicyclic) bond motifs is 2. The average molecular weight is 354 g/mol. The third kappa shape index (κ3) is 3.04. The summed E-state index contributed by atoms with van der Waals surface area (Å²) in [6, 6.07) is 5.37. The molecule has 3 aromatic heterocycles. The molecule has 0 saturated carbocycles. The van der Waals surface area contributed by atoms with E-state index in [1.807, 2.05) is 19.1 Å². The zero-order chi connectivity index (χ0) is 18.1. The van der Waals surface area contributed by atoms with E-state index in [-0.39, 0.29) is 11.1 Å². The molecular weight excluding hydrogens is 332 g/mol. The van der Waals surface area contributed by atoms with E-state index < -0.39 is 0 Å². The van der Waals surface area contributed by atoms with Gasteiger partial charge >= 0.3 is 0 Å². The Morgan fingerprint density at radius 1 is 0.962 bits per heavy atom. The van der Waals surface area contributed by atoms with Crippen LogP contribution in [0.5, 0.6) is 0 Å². The highest BCUT2D eigenvalue weighted by atomic mass is 16.5. The van der Waals surface area contributed by atoms with Crippen molar-refractivity contribution < 1.29 is 4.74 Å². The van der Waals surface area contributed by atoms with E-state index in [2.05, 4.69) is 9.88 Å². The average Bonchev–Trinajstić information content (AvgIpc) is 2.68. The van der Waals surface area contributed by atoms with Crippen LogP contribution in [0.1, 0.15) is 6.92 Å². The van der Waals surface area contributed by atoms with Crippen molar-refractivity contribution in [1.82, 2.24) is 19.0 Å². The van der Waals surface area contributed by atoms with Crippen LogP contribution in [0.15, 0.2) is 40.2 Å². The summed E-state index contributed by atoms with van der Waals surface area (Å²) in [4.78, 5) is 32.2. The topological polar surface area (TPSA) is 69.4 Å². The van der Waals surface area contributed by atoms with Crippen molar-refractivity contribution in [3.8, 4) is 0 Å². The van der Waals surface area contributed by atoms with Crippen LogP contribution in [0.2, 0.25) is 0 Å². The summed E-state index contributed by atoms with van der Waals surface area (Å²) < 4.78 is 8.68. The third-order valence-electron chi connectivity index (χ3n) is 4.99. The third-order valence-corrected chi connectivity index (χ3v) is 4.99. The van der Waals surface area contributed by atoms with Gasteiger partial charge in [0.2, 0.25) is 0 Å². The Labute approximate surface area is 150 Å². The van der Waals surface area contributed by atoms with E-state index >= 15 is 0 Å². The smallest absolute Gasteiger partial charge is 0.260 e. The number of ether oxygens (including phenoxy) is 1. The van der Waals surface area contributed by atoms with Crippen LogP contribution in [0, 0.1) is 0 Å². The molecule has 26 heavy (non-hydrogen) atoms. The lowest BCUT2D eigenvalue weighted by Gasteiger charge is -2.26. The van der Waals surface area contributed by atoms with E-state index in [0.29, 0.717) is 34.9 Å². The second kappa shape index (κ2) is 7.01. The first-order valence-corrected chi connectivity index (χ1v) is 9.01. The molecule has 136 valence electrons. The first-order chi connectivity index (χ1) is 12.7.